The number of halogens is 1. The predicted molar refractivity (Wildman–Crippen MR) is 124 cm³/mol. The van der Waals surface area contributed by atoms with Crippen molar-refractivity contribution in [1.29, 1.82) is 0 Å². The first kappa shape index (κ1) is 18.7. The summed E-state index contributed by atoms with van der Waals surface area (Å²) in [6, 6.07) is 16.4. The van der Waals surface area contributed by atoms with Crippen molar-refractivity contribution in [2.75, 3.05) is 5.73 Å². The number of para-hydroxylation sites is 2. The van der Waals surface area contributed by atoms with E-state index < -0.39 is 0 Å². The number of rotatable bonds is 3. The Morgan fingerprint density at radius 1 is 1.03 bits per heavy atom. The Morgan fingerprint density at radius 2 is 1.77 bits per heavy atom. The van der Waals surface area contributed by atoms with Gasteiger partial charge in [0.05, 0.1) is 22.0 Å². The molecule has 3 heterocycles. The van der Waals surface area contributed by atoms with E-state index in [1.165, 1.54) is 6.33 Å². The van der Waals surface area contributed by atoms with Gasteiger partial charge in [0.2, 0.25) is 0 Å². The van der Waals surface area contributed by atoms with Crippen LogP contribution in [0.4, 0.5) is 5.82 Å². The van der Waals surface area contributed by atoms with Crippen LogP contribution in [0.2, 0.25) is 0 Å². The van der Waals surface area contributed by atoms with Crippen molar-refractivity contribution in [3.8, 4) is 5.69 Å². The number of benzene rings is 2. The second-order valence-corrected chi connectivity index (χ2v) is 7.85. The number of nitrogens with zero attached hydrogens (tertiary/aromatic N) is 6. The first-order valence-electron chi connectivity index (χ1n) is 9.27. The molecular formula is C21H16IN7O. The van der Waals surface area contributed by atoms with Gasteiger partial charge in [-0.1, -0.05) is 30.3 Å². The number of hydrogen-bond acceptors (Lipinski definition) is 6. The van der Waals surface area contributed by atoms with Crippen molar-refractivity contribution in [2.24, 2.45) is 0 Å². The van der Waals surface area contributed by atoms with Crippen LogP contribution in [0.5, 0.6) is 0 Å². The molecule has 1 unspecified atom stereocenters. The van der Waals surface area contributed by atoms with Crippen molar-refractivity contribution in [2.45, 2.75) is 13.0 Å². The van der Waals surface area contributed by atoms with Gasteiger partial charge >= 0.3 is 0 Å². The second kappa shape index (κ2) is 7.17. The summed E-state index contributed by atoms with van der Waals surface area (Å²) in [5, 5.41) is 5.89. The molecule has 9 heteroatoms. The summed E-state index contributed by atoms with van der Waals surface area (Å²) in [4.78, 5) is 26.8. The highest BCUT2D eigenvalue weighted by Gasteiger charge is 2.24. The van der Waals surface area contributed by atoms with Gasteiger partial charge in [-0.15, -0.1) is 0 Å². The number of aromatic nitrogens is 6. The fraction of sp³-hybridized carbons (Fsp3) is 0.0952. The summed E-state index contributed by atoms with van der Waals surface area (Å²) in [7, 11) is 0. The molecule has 0 bridgehead atoms. The highest BCUT2D eigenvalue weighted by Crippen LogP contribution is 2.28. The van der Waals surface area contributed by atoms with E-state index in [2.05, 4.69) is 37.7 Å². The molecule has 8 nitrogen and oxygen atoms in total. The van der Waals surface area contributed by atoms with Gasteiger partial charge in [0.15, 0.2) is 5.65 Å². The molecule has 2 N–H and O–H groups in total. The molecule has 0 radical (unpaired) electrons. The van der Waals surface area contributed by atoms with Gasteiger partial charge in [-0.2, -0.15) is 5.10 Å². The highest BCUT2D eigenvalue weighted by molar-refractivity contribution is 14.1. The van der Waals surface area contributed by atoms with Crippen LogP contribution in [0.15, 0.2) is 65.7 Å². The molecule has 2 aromatic carbocycles. The third-order valence-corrected chi connectivity index (χ3v) is 5.79. The normalized spacial score (nSPS) is 12.5. The van der Waals surface area contributed by atoms with Crippen LogP contribution in [-0.4, -0.2) is 29.3 Å². The van der Waals surface area contributed by atoms with Gasteiger partial charge in [0.25, 0.3) is 5.56 Å². The summed E-state index contributed by atoms with van der Waals surface area (Å²) in [6.45, 7) is 1.94. The Balaban J connectivity index is 1.83. The maximum atomic E-state index is 13.5. The van der Waals surface area contributed by atoms with Gasteiger partial charge in [0.1, 0.15) is 27.7 Å². The third kappa shape index (κ3) is 2.84. The van der Waals surface area contributed by atoms with E-state index in [1.54, 1.807) is 15.3 Å². The molecule has 0 spiro atoms. The topological polar surface area (TPSA) is 105 Å². The number of hydrogen-bond donors (Lipinski definition) is 1. The van der Waals surface area contributed by atoms with E-state index in [0.29, 0.717) is 37.3 Å². The lowest BCUT2D eigenvalue weighted by molar-refractivity contribution is 0.532. The standard InChI is InChI=1S/C21H16IN7O/c1-12(29-20-16(17(22)27-29)18(23)24-11-25-20)19-26-15-10-6-5-9-14(15)21(30)28(19)13-7-3-2-4-8-13/h2-12H,1H3,(H2,23,24,25). The number of nitrogens with two attached hydrogens (primary N) is 1. The number of anilines is 1. The van der Waals surface area contributed by atoms with Crippen molar-refractivity contribution in [3.05, 3.63) is 80.8 Å². The van der Waals surface area contributed by atoms with E-state index in [4.69, 9.17) is 10.7 Å². The lowest BCUT2D eigenvalue weighted by atomic mass is 10.2. The summed E-state index contributed by atoms with van der Waals surface area (Å²) in [5.74, 6) is 0.928. The monoisotopic (exact) mass is 509 g/mol. The molecule has 0 aliphatic carbocycles. The van der Waals surface area contributed by atoms with Gasteiger partial charge < -0.3 is 5.73 Å². The molecule has 5 aromatic rings. The Labute approximate surface area is 184 Å². The third-order valence-electron chi connectivity index (χ3n) is 5.03. The fourth-order valence-corrected chi connectivity index (χ4v) is 4.34. The van der Waals surface area contributed by atoms with Gasteiger partial charge in [-0.05, 0) is 53.8 Å². The zero-order chi connectivity index (χ0) is 20.8. The average molecular weight is 509 g/mol. The van der Waals surface area contributed by atoms with Crippen LogP contribution < -0.4 is 11.3 Å². The Morgan fingerprint density at radius 3 is 2.57 bits per heavy atom. The molecule has 0 amide bonds. The maximum absolute atomic E-state index is 13.5. The first-order chi connectivity index (χ1) is 14.6. The molecule has 0 saturated heterocycles. The minimum absolute atomic E-state index is 0.131. The fourth-order valence-electron chi connectivity index (χ4n) is 3.59. The van der Waals surface area contributed by atoms with Crippen LogP contribution in [0.1, 0.15) is 18.8 Å². The minimum Gasteiger partial charge on any atom is -0.383 e. The van der Waals surface area contributed by atoms with Crippen molar-refractivity contribution < 1.29 is 0 Å². The highest BCUT2D eigenvalue weighted by atomic mass is 127. The van der Waals surface area contributed by atoms with E-state index in [-0.39, 0.29) is 11.6 Å². The Kier molecular flexibility index (Phi) is 4.46. The summed E-state index contributed by atoms with van der Waals surface area (Å²) >= 11 is 2.12. The van der Waals surface area contributed by atoms with E-state index in [1.807, 2.05) is 55.5 Å². The lowest BCUT2D eigenvalue weighted by Gasteiger charge is -2.19. The smallest absolute Gasteiger partial charge is 0.266 e. The van der Waals surface area contributed by atoms with Crippen LogP contribution >= 0.6 is 22.6 Å². The SMILES string of the molecule is CC(c1nc2ccccc2c(=O)n1-c1ccccc1)n1nc(I)c2c(N)ncnc21. The van der Waals surface area contributed by atoms with Crippen molar-refractivity contribution in [3.63, 3.8) is 0 Å². The zero-order valence-corrected chi connectivity index (χ0v) is 18.1. The van der Waals surface area contributed by atoms with Crippen LogP contribution in [0.25, 0.3) is 27.6 Å². The molecular weight excluding hydrogens is 493 g/mol. The van der Waals surface area contributed by atoms with Crippen molar-refractivity contribution >= 4 is 50.3 Å². The van der Waals surface area contributed by atoms with Crippen LogP contribution in [-0.2, 0) is 0 Å². The average Bonchev–Trinajstić information content (AvgIpc) is 3.11. The van der Waals surface area contributed by atoms with Gasteiger partial charge in [-0.25, -0.2) is 19.6 Å². The second-order valence-electron chi connectivity index (χ2n) is 6.83. The van der Waals surface area contributed by atoms with Gasteiger partial charge in [-0.3, -0.25) is 9.36 Å². The maximum Gasteiger partial charge on any atom is 0.266 e. The molecule has 148 valence electrons. The largest absolute Gasteiger partial charge is 0.383 e. The lowest BCUT2D eigenvalue weighted by Crippen LogP contribution is -2.27. The van der Waals surface area contributed by atoms with E-state index in [0.717, 1.165) is 5.69 Å². The van der Waals surface area contributed by atoms with Crippen molar-refractivity contribution in [1.82, 2.24) is 29.3 Å². The Bertz CT molecular complexity index is 1460. The number of nitrogen functional groups attached to an aromatic ring is 1. The van der Waals surface area contributed by atoms with Crippen LogP contribution in [0, 0.1) is 3.70 Å². The zero-order valence-electron chi connectivity index (χ0n) is 15.9. The predicted octanol–water partition coefficient (Wildman–Crippen LogP) is 3.32. The number of fused-ring (bicyclic) bond motifs is 2. The van der Waals surface area contributed by atoms with E-state index in [9.17, 15) is 4.79 Å². The minimum atomic E-state index is -0.386. The Hall–Kier alpha value is -3.34. The van der Waals surface area contributed by atoms with Crippen LogP contribution in [0.3, 0.4) is 0 Å². The molecule has 3 aromatic heterocycles. The molecule has 0 aliphatic heterocycles. The molecule has 0 aliphatic rings. The quantitative estimate of drug-likeness (QED) is 0.375. The molecule has 1 atom stereocenters. The molecule has 30 heavy (non-hydrogen) atoms. The van der Waals surface area contributed by atoms with E-state index >= 15 is 0 Å². The summed E-state index contributed by atoms with van der Waals surface area (Å²) in [6.07, 6.45) is 1.41. The summed E-state index contributed by atoms with van der Waals surface area (Å²) in [5.41, 5.74) is 7.89. The van der Waals surface area contributed by atoms with Gasteiger partial charge in [0, 0.05) is 0 Å². The molecule has 0 fully saturated rings. The summed E-state index contributed by atoms with van der Waals surface area (Å²) < 4.78 is 4.07. The first-order valence-corrected chi connectivity index (χ1v) is 10.4. The molecule has 5 rings (SSSR count). The molecule has 0 saturated carbocycles.